The Hall–Kier alpha value is -0.940. The van der Waals surface area contributed by atoms with Crippen LogP contribution in [-0.4, -0.2) is 12.6 Å². The minimum atomic E-state index is -0.359. The number of hydrogen-bond donors (Lipinski definition) is 0. The number of thioether (sulfide) groups is 1. The van der Waals surface area contributed by atoms with E-state index in [9.17, 15) is 4.79 Å². The maximum atomic E-state index is 11.1. The maximum Gasteiger partial charge on any atom is 0.302 e. The molecule has 0 aliphatic rings. The summed E-state index contributed by atoms with van der Waals surface area (Å²) in [7, 11) is 0. The lowest BCUT2D eigenvalue weighted by molar-refractivity contribution is -0.139. The Morgan fingerprint density at radius 2 is 1.83 bits per heavy atom. The van der Waals surface area contributed by atoms with Crippen molar-refractivity contribution in [1.82, 2.24) is 0 Å². The molecule has 2 aromatic rings. The first-order valence-electron chi connectivity index (χ1n) is 6.67. The van der Waals surface area contributed by atoms with Crippen LogP contribution in [0.5, 0.6) is 0 Å². The second kappa shape index (κ2) is 8.78. The first-order valence-corrected chi connectivity index (χ1v) is 9.04. The number of esters is 1. The predicted molar refractivity (Wildman–Crippen MR) is 101 cm³/mol. The number of rotatable bonds is 5. The highest BCUT2D eigenvalue weighted by molar-refractivity contribution is 9.10. The van der Waals surface area contributed by atoms with Crippen molar-refractivity contribution >= 4 is 61.9 Å². The fourth-order valence-electron chi connectivity index (χ4n) is 1.72. The lowest BCUT2D eigenvalue weighted by Gasteiger charge is -2.12. The van der Waals surface area contributed by atoms with Crippen molar-refractivity contribution in [3.63, 3.8) is 0 Å². The molecule has 0 atom stereocenters. The van der Waals surface area contributed by atoms with E-state index in [2.05, 4.69) is 15.9 Å². The smallest absolute Gasteiger partial charge is 0.302 e. The quantitative estimate of drug-likeness (QED) is 0.406. The Kier molecular flexibility index (Phi) is 7.03. The summed E-state index contributed by atoms with van der Waals surface area (Å²) in [5.41, 5.74) is 0.844. The summed E-state index contributed by atoms with van der Waals surface area (Å²) in [6.07, 6.45) is 0. The molecule has 2 rings (SSSR count). The van der Waals surface area contributed by atoms with Crippen molar-refractivity contribution in [3.05, 3.63) is 68.5 Å². The van der Waals surface area contributed by atoms with Crippen molar-refractivity contribution in [2.75, 3.05) is 6.61 Å². The van der Waals surface area contributed by atoms with Gasteiger partial charge in [0.25, 0.3) is 0 Å². The Balaban J connectivity index is 2.36. The summed E-state index contributed by atoms with van der Waals surface area (Å²) in [5, 5.41) is 1.15. The van der Waals surface area contributed by atoms with Gasteiger partial charge in [-0.1, -0.05) is 75.2 Å². The number of benzene rings is 2. The molecule has 120 valence electrons. The third kappa shape index (κ3) is 5.57. The lowest BCUT2D eigenvalue weighted by Crippen LogP contribution is -2.02. The van der Waals surface area contributed by atoms with Gasteiger partial charge in [-0.3, -0.25) is 4.79 Å². The van der Waals surface area contributed by atoms with Gasteiger partial charge in [0, 0.05) is 21.2 Å². The van der Waals surface area contributed by atoms with Crippen molar-refractivity contribution in [2.45, 2.75) is 11.8 Å². The number of ether oxygens (including phenoxy) is 1. The van der Waals surface area contributed by atoms with Gasteiger partial charge in [-0.25, -0.2) is 0 Å². The average molecular weight is 432 g/mol. The van der Waals surface area contributed by atoms with Gasteiger partial charge >= 0.3 is 5.97 Å². The van der Waals surface area contributed by atoms with E-state index >= 15 is 0 Å². The van der Waals surface area contributed by atoms with E-state index in [-0.39, 0.29) is 12.6 Å². The van der Waals surface area contributed by atoms with Crippen LogP contribution in [0.1, 0.15) is 12.5 Å². The molecule has 2 aromatic carbocycles. The van der Waals surface area contributed by atoms with E-state index in [1.165, 1.54) is 18.7 Å². The van der Waals surface area contributed by atoms with Crippen LogP contribution in [0.15, 0.2) is 62.8 Å². The monoisotopic (exact) mass is 430 g/mol. The first-order chi connectivity index (χ1) is 11.0. The van der Waals surface area contributed by atoms with Gasteiger partial charge in [0.2, 0.25) is 0 Å². The summed E-state index contributed by atoms with van der Waals surface area (Å²) in [4.78, 5) is 12.7. The minimum absolute atomic E-state index is 0.0973. The highest BCUT2D eigenvalue weighted by Gasteiger charge is 2.13. The second-order valence-corrected chi connectivity index (χ2v) is 7.39. The zero-order valence-corrected chi connectivity index (χ0v) is 16.1. The molecule has 0 amide bonds. The van der Waals surface area contributed by atoms with E-state index in [0.29, 0.717) is 10.1 Å². The number of carbonyl (C=O) groups is 1. The van der Waals surface area contributed by atoms with Gasteiger partial charge in [0.05, 0.1) is 10.1 Å². The molecule has 0 aliphatic carbocycles. The van der Waals surface area contributed by atoms with Gasteiger partial charge in [0.1, 0.15) is 6.61 Å². The Morgan fingerprint density at radius 3 is 2.43 bits per heavy atom. The highest BCUT2D eigenvalue weighted by atomic mass is 79.9. The summed E-state index contributed by atoms with van der Waals surface area (Å²) in [5.74, 6) is -0.359. The molecular weight excluding hydrogens is 419 g/mol. The predicted octanol–water partition coefficient (Wildman–Crippen LogP) is 6.37. The zero-order chi connectivity index (χ0) is 16.8. The highest BCUT2D eigenvalue weighted by Crippen LogP contribution is 2.38. The number of carbonyl (C=O) groups excluding carboxylic acids is 1. The average Bonchev–Trinajstić information content (AvgIpc) is 2.53. The minimum Gasteiger partial charge on any atom is -0.460 e. The Labute approximate surface area is 157 Å². The molecule has 2 nitrogen and oxygen atoms in total. The molecule has 0 aromatic heterocycles. The third-order valence-corrected chi connectivity index (χ3v) is 5.49. The number of halogens is 3. The fourth-order valence-corrected chi connectivity index (χ4v) is 3.44. The van der Waals surface area contributed by atoms with Crippen LogP contribution in [0.4, 0.5) is 0 Å². The van der Waals surface area contributed by atoms with Crippen molar-refractivity contribution in [3.8, 4) is 0 Å². The van der Waals surface area contributed by atoms with Crippen LogP contribution in [0.25, 0.3) is 5.03 Å². The van der Waals surface area contributed by atoms with E-state index in [1.54, 1.807) is 6.07 Å². The summed E-state index contributed by atoms with van der Waals surface area (Å²) in [6, 6.07) is 15.1. The standard InChI is InChI=1S/C17H13BrCl2O2S/c1-11(21)22-10-16(23-15-5-3-2-4-14(15)19)17(20)12-6-8-13(18)9-7-12/h2-9H,10H2,1H3/b17-16-. The van der Waals surface area contributed by atoms with Crippen molar-refractivity contribution in [2.24, 2.45) is 0 Å². The molecule has 0 unspecified atom stereocenters. The summed E-state index contributed by atoms with van der Waals surface area (Å²) < 4.78 is 6.09. The molecule has 0 fully saturated rings. The van der Waals surface area contributed by atoms with E-state index in [0.717, 1.165) is 19.8 Å². The van der Waals surface area contributed by atoms with Crippen LogP contribution < -0.4 is 0 Å². The Morgan fingerprint density at radius 1 is 1.17 bits per heavy atom. The van der Waals surface area contributed by atoms with Crippen molar-refractivity contribution < 1.29 is 9.53 Å². The number of hydrogen-bond acceptors (Lipinski definition) is 3. The molecule has 23 heavy (non-hydrogen) atoms. The molecule has 0 spiro atoms. The van der Waals surface area contributed by atoms with E-state index < -0.39 is 0 Å². The van der Waals surface area contributed by atoms with Gasteiger partial charge in [-0.2, -0.15) is 0 Å². The largest absolute Gasteiger partial charge is 0.460 e. The van der Waals surface area contributed by atoms with E-state index in [4.69, 9.17) is 27.9 Å². The van der Waals surface area contributed by atoms with Crippen molar-refractivity contribution in [1.29, 1.82) is 0 Å². The van der Waals surface area contributed by atoms with Gasteiger partial charge < -0.3 is 4.74 Å². The molecule has 6 heteroatoms. The summed E-state index contributed by atoms with van der Waals surface area (Å²) in [6.45, 7) is 1.46. The van der Waals surface area contributed by atoms with Crippen LogP contribution in [0.3, 0.4) is 0 Å². The van der Waals surface area contributed by atoms with Crippen LogP contribution in [-0.2, 0) is 9.53 Å². The fraction of sp³-hybridized carbons (Fsp3) is 0.118. The summed E-state index contributed by atoms with van der Waals surface area (Å²) >= 11 is 17.5. The molecule has 0 aliphatic heterocycles. The normalized spacial score (nSPS) is 11.8. The molecule has 0 heterocycles. The molecule has 0 radical (unpaired) electrons. The van der Waals surface area contributed by atoms with Crippen LogP contribution in [0.2, 0.25) is 5.02 Å². The molecule has 0 saturated heterocycles. The van der Waals surface area contributed by atoms with Gasteiger partial charge in [-0.05, 0) is 29.8 Å². The third-order valence-electron chi connectivity index (χ3n) is 2.82. The SMILES string of the molecule is CC(=O)OC/C(Sc1ccccc1Cl)=C(/Cl)c1ccc(Br)cc1. The molecule has 0 saturated carbocycles. The zero-order valence-electron chi connectivity index (χ0n) is 12.2. The second-order valence-electron chi connectivity index (χ2n) is 4.56. The van der Waals surface area contributed by atoms with Gasteiger partial charge in [-0.15, -0.1) is 0 Å². The topological polar surface area (TPSA) is 26.3 Å². The molecule has 0 N–H and O–H groups in total. The molecular formula is C17H13BrCl2O2S. The maximum absolute atomic E-state index is 11.1. The van der Waals surface area contributed by atoms with Crippen LogP contribution >= 0.6 is 50.9 Å². The first kappa shape index (κ1) is 18.4. The Bertz CT molecular complexity index is 730. The van der Waals surface area contributed by atoms with Gasteiger partial charge in [0.15, 0.2) is 0 Å². The van der Waals surface area contributed by atoms with Crippen LogP contribution in [0, 0.1) is 0 Å². The molecule has 0 bridgehead atoms. The van der Waals surface area contributed by atoms with E-state index in [1.807, 2.05) is 42.5 Å². The lowest BCUT2D eigenvalue weighted by atomic mass is 10.2.